The van der Waals surface area contributed by atoms with Crippen LogP contribution in [0.2, 0.25) is 0 Å². The zero-order valence-corrected chi connectivity index (χ0v) is 21.9. The maximum absolute atomic E-state index is 13.1. The van der Waals surface area contributed by atoms with Crippen molar-refractivity contribution in [3.8, 4) is 17.2 Å². The first kappa shape index (κ1) is 26.9. The number of nitrogens with one attached hydrogen (secondary N) is 2. The second kappa shape index (κ2) is 11.9. The minimum Gasteiger partial charge on any atom is -0.497 e. The monoisotopic (exact) mass is 544 g/mol. The summed E-state index contributed by atoms with van der Waals surface area (Å²) in [4.78, 5) is 9.09. The van der Waals surface area contributed by atoms with Gasteiger partial charge in [-0.2, -0.15) is 5.10 Å². The Morgan fingerprint density at radius 3 is 2.37 bits per heavy atom. The zero-order valence-electron chi connectivity index (χ0n) is 21.0. The van der Waals surface area contributed by atoms with Gasteiger partial charge in [-0.3, -0.25) is 9.40 Å². The Balaban J connectivity index is 1.75. The number of benzene rings is 2. The van der Waals surface area contributed by atoms with Crippen molar-refractivity contribution in [2.75, 3.05) is 50.7 Å². The predicted molar refractivity (Wildman–Crippen MR) is 140 cm³/mol. The van der Waals surface area contributed by atoms with Gasteiger partial charge >= 0.3 is 0 Å². The Kier molecular flexibility index (Phi) is 8.45. The lowest BCUT2D eigenvalue weighted by Crippen LogP contribution is -2.16. The first-order chi connectivity index (χ1) is 18.3. The van der Waals surface area contributed by atoms with Gasteiger partial charge in [0.25, 0.3) is 10.0 Å². The molecule has 0 saturated heterocycles. The first-order valence-electron chi connectivity index (χ1n) is 11.5. The number of aromatic nitrogens is 4. The maximum atomic E-state index is 13.1. The van der Waals surface area contributed by atoms with Crippen molar-refractivity contribution < 1.29 is 32.5 Å². The van der Waals surface area contributed by atoms with E-state index in [1.807, 2.05) is 0 Å². The summed E-state index contributed by atoms with van der Waals surface area (Å²) in [6, 6.07) is 10.4. The van der Waals surface area contributed by atoms with Gasteiger partial charge in [-0.05, 0) is 12.1 Å². The molecule has 0 bridgehead atoms. The van der Waals surface area contributed by atoms with Gasteiger partial charge in [-0.1, -0.05) is 12.1 Å². The summed E-state index contributed by atoms with van der Waals surface area (Å²) in [6.45, 7) is 0.459. The van der Waals surface area contributed by atoms with E-state index in [1.165, 1.54) is 31.3 Å². The number of aryl methyl sites for hydroxylation is 1. The van der Waals surface area contributed by atoms with Gasteiger partial charge in [0, 0.05) is 25.4 Å². The molecule has 2 heterocycles. The standard InChI is InChI=1S/C24H28N6O7S/c1-30-15-17(14-25-30)38(32,33)29-24-23(26-18-6-4-5-7-19(18)27-24)28-20-12-16(34-2)13-21(35-3)22(20)37-11-10-36-9-8-31/h4-7,12-15,31H,8-11H2,1-3H3,(H,26,28)(H,27,29). The zero-order chi connectivity index (χ0) is 27.1. The Morgan fingerprint density at radius 1 is 1.00 bits per heavy atom. The highest BCUT2D eigenvalue weighted by Gasteiger charge is 2.22. The molecule has 0 saturated carbocycles. The van der Waals surface area contributed by atoms with Crippen LogP contribution in [0.5, 0.6) is 17.2 Å². The molecule has 0 fully saturated rings. The van der Waals surface area contributed by atoms with Crippen LogP contribution in [0, 0.1) is 0 Å². The Morgan fingerprint density at radius 2 is 1.74 bits per heavy atom. The van der Waals surface area contributed by atoms with E-state index in [9.17, 15) is 8.42 Å². The molecule has 0 unspecified atom stereocenters. The smallest absolute Gasteiger partial charge is 0.266 e. The molecule has 4 rings (SSSR count). The van der Waals surface area contributed by atoms with Gasteiger partial charge in [-0.25, -0.2) is 18.4 Å². The van der Waals surface area contributed by atoms with Gasteiger partial charge in [0.2, 0.25) is 0 Å². The molecule has 0 aliphatic heterocycles. The van der Waals surface area contributed by atoms with Crippen molar-refractivity contribution in [3.63, 3.8) is 0 Å². The number of para-hydroxylation sites is 2. The molecule has 0 radical (unpaired) electrons. The van der Waals surface area contributed by atoms with Crippen LogP contribution < -0.4 is 24.2 Å². The number of nitrogens with zero attached hydrogens (tertiary/aromatic N) is 4. The van der Waals surface area contributed by atoms with Crippen LogP contribution in [-0.4, -0.2) is 73.9 Å². The molecule has 14 heteroatoms. The summed E-state index contributed by atoms with van der Waals surface area (Å²) in [6.07, 6.45) is 2.61. The van der Waals surface area contributed by atoms with E-state index in [1.54, 1.807) is 43.4 Å². The summed E-state index contributed by atoms with van der Waals surface area (Å²) in [7, 11) is 0.579. The fourth-order valence-electron chi connectivity index (χ4n) is 3.47. The van der Waals surface area contributed by atoms with Crippen LogP contribution in [0.3, 0.4) is 0 Å². The topological polar surface area (TPSA) is 159 Å². The molecular weight excluding hydrogens is 516 g/mol. The van der Waals surface area contributed by atoms with Gasteiger partial charge in [0.05, 0.1) is 57.0 Å². The molecule has 38 heavy (non-hydrogen) atoms. The number of anilines is 3. The molecule has 202 valence electrons. The molecule has 2 aromatic carbocycles. The van der Waals surface area contributed by atoms with E-state index in [2.05, 4.69) is 25.1 Å². The number of rotatable bonds is 13. The molecule has 0 atom stereocenters. The third-order valence-electron chi connectivity index (χ3n) is 5.24. The van der Waals surface area contributed by atoms with E-state index in [0.29, 0.717) is 34.0 Å². The first-order valence-corrected chi connectivity index (χ1v) is 13.0. The maximum Gasteiger partial charge on any atom is 0.266 e. The van der Waals surface area contributed by atoms with Crippen LogP contribution in [0.1, 0.15) is 0 Å². The minimum atomic E-state index is -4.03. The number of fused-ring (bicyclic) bond motifs is 1. The Hall–Kier alpha value is -4.14. The van der Waals surface area contributed by atoms with E-state index in [-0.39, 0.29) is 43.0 Å². The molecule has 4 aromatic rings. The molecule has 0 aliphatic rings. The molecule has 0 spiro atoms. The van der Waals surface area contributed by atoms with Crippen molar-refractivity contribution in [1.82, 2.24) is 19.7 Å². The largest absolute Gasteiger partial charge is 0.497 e. The average Bonchev–Trinajstić information content (AvgIpc) is 3.36. The third kappa shape index (κ3) is 6.22. The van der Waals surface area contributed by atoms with Crippen LogP contribution in [0.15, 0.2) is 53.7 Å². The van der Waals surface area contributed by atoms with Gasteiger partial charge in [-0.15, -0.1) is 0 Å². The highest BCUT2D eigenvalue weighted by Crippen LogP contribution is 2.41. The average molecular weight is 545 g/mol. The van der Waals surface area contributed by atoms with E-state index in [0.717, 1.165) is 0 Å². The number of aliphatic hydroxyl groups is 1. The SMILES string of the molecule is COc1cc(Nc2nc3ccccc3nc2NS(=O)(=O)c2cnn(C)c2)c(OCCOCCO)c(OC)c1. The summed E-state index contributed by atoms with van der Waals surface area (Å²) in [5.41, 5.74) is 1.41. The summed E-state index contributed by atoms with van der Waals surface area (Å²) >= 11 is 0. The number of hydrogen-bond acceptors (Lipinski definition) is 11. The summed E-state index contributed by atoms with van der Waals surface area (Å²) in [5, 5.41) is 16.0. The molecular formula is C24H28N6O7S. The molecule has 13 nitrogen and oxygen atoms in total. The Labute approximate surface area is 219 Å². The lowest BCUT2D eigenvalue weighted by molar-refractivity contribution is 0.0700. The number of sulfonamides is 1. The van der Waals surface area contributed by atoms with Crippen LogP contribution in [0.4, 0.5) is 17.3 Å². The van der Waals surface area contributed by atoms with Gasteiger partial charge in [0.1, 0.15) is 17.3 Å². The van der Waals surface area contributed by atoms with Crippen LogP contribution in [-0.2, 0) is 21.8 Å². The van der Waals surface area contributed by atoms with Crippen molar-refractivity contribution in [2.24, 2.45) is 7.05 Å². The predicted octanol–water partition coefficient (Wildman–Crippen LogP) is 2.31. The molecule has 0 aliphatic carbocycles. The summed E-state index contributed by atoms with van der Waals surface area (Å²) in [5.74, 6) is 1.22. The van der Waals surface area contributed by atoms with Gasteiger partial charge in [0.15, 0.2) is 23.1 Å². The van der Waals surface area contributed by atoms with Crippen molar-refractivity contribution in [3.05, 3.63) is 48.8 Å². The fourth-order valence-corrected chi connectivity index (χ4v) is 4.46. The number of aliphatic hydroxyl groups excluding tert-OH is 1. The number of methoxy groups -OCH3 is 2. The second-order valence-electron chi connectivity index (χ2n) is 7.88. The van der Waals surface area contributed by atoms with E-state index < -0.39 is 10.0 Å². The molecule has 3 N–H and O–H groups in total. The van der Waals surface area contributed by atoms with Crippen molar-refractivity contribution in [2.45, 2.75) is 4.90 Å². The highest BCUT2D eigenvalue weighted by atomic mass is 32.2. The minimum absolute atomic E-state index is 0.0316. The van der Waals surface area contributed by atoms with E-state index in [4.69, 9.17) is 24.1 Å². The molecule has 2 aromatic heterocycles. The normalized spacial score (nSPS) is 11.4. The van der Waals surface area contributed by atoms with Crippen molar-refractivity contribution in [1.29, 1.82) is 0 Å². The Bertz CT molecular complexity index is 1510. The van der Waals surface area contributed by atoms with Crippen molar-refractivity contribution >= 4 is 38.4 Å². The lowest BCUT2D eigenvalue weighted by atomic mass is 10.2. The van der Waals surface area contributed by atoms with Crippen LogP contribution in [0.25, 0.3) is 11.0 Å². The highest BCUT2D eigenvalue weighted by molar-refractivity contribution is 7.92. The number of hydrogen-bond donors (Lipinski definition) is 3. The molecule has 0 amide bonds. The van der Waals surface area contributed by atoms with E-state index >= 15 is 0 Å². The number of ether oxygens (including phenoxy) is 4. The third-order valence-corrected chi connectivity index (χ3v) is 6.53. The fraction of sp³-hybridized carbons (Fsp3) is 0.292. The quantitative estimate of drug-likeness (QED) is 0.212. The second-order valence-corrected chi connectivity index (χ2v) is 9.56. The summed E-state index contributed by atoms with van der Waals surface area (Å²) < 4.78 is 52.2. The van der Waals surface area contributed by atoms with Gasteiger partial charge < -0.3 is 29.4 Å². The lowest BCUT2D eigenvalue weighted by Gasteiger charge is -2.19. The van der Waals surface area contributed by atoms with Crippen LogP contribution >= 0.6 is 0 Å².